The lowest BCUT2D eigenvalue weighted by molar-refractivity contribution is -0.131. The normalized spacial score (nSPS) is 35.8. The van der Waals surface area contributed by atoms with Crippen LogP contribution in [0.15, 0.2) is 0 Å². The van der Waals surface area contributed by atoms with E-state index in [-0.39, 0.29) is 12.2 Å². The number of hydrogen-bond donors (Lipinski definition) is 1. The lowest BCUT2D eigenvalue weighted by Gasteiger charge is -2.26. The van der Waals surface area contributed by atoms with Crippen LogP contribution in [0.4, 0.5) is 0 Å². The number of nitrogens with one attached hydrogen (secondary N) is 1. The maximum Gasteiger partial charge on any atom is 0.241 e. The Morgan fingerprint density at radius 2 is 2.06 bits per heavy atom. The second kappa shape index (κ2) is 3.71. The molecule has 3 rings (SSSR count). The van der Waals surface area contributed by atoms with Gasteiger partial charge in [-0.1, -0.05) is 13.8 Å². The fraction of sp³-hybridized carbons (Fsp3) is 0.929. The van der Waals surface area contributed by atoms with Gasteiger partial charge in [0.25, 0.3) is 0 Å². The molecule has 96 valence electrons. The number of rotatable bonds is 4. The van der Waals surface area contributed by atoms with Gasteiger partial charge in [-0.25, -0.2) is 0 Å². The van der Waals surface area contributed by atoms with Crippen LogP contribution in [-0.4, -0.2) is 29.6 Å². The summed E-state index contributed by atoms with van der Waals surface area (Å²) in [5.41, 5.74) is 0.525. The van der Waals surface area contributed by atoms with Crippen molar-refractivity contribution in [2.24, 2.45) is 17.3 Å². The number of carbonyl (C=O) groups excluding carboxylic acids is 1. The summed E-state index contributed by atoms with van der Waals surface area (Å²) >= 11 is 0. The average molecular weight is 236 g/mol. The van der Waals surface area contributed by atoms with E-state index in [1.807, 2.05) is 0 Å². The summed E-state index contributed by atoms with van der Waals surface area (Å²) in [6.45, 7) is 7.39. The van der Waals surface area contributed by atoms with Crippen LogP contribution in [0.1, 0.15) is 46.5 Å². The predicted molar refractivity (Wildman–Crippen MR) is 67.3 cm³/mol. The topological polar surface area (TPSA) is 32.3 Å². The van der Waals surface area contributed by atoms with E-state index in [0.717, 1.165) is 12.5 Å². The van der Waals surface area contributed by atoms with Crippen molar-refractivity contribution in [2.75, 3.05) is 6.54 Å². The van der Waals surface area contributed by atoms with Crippen LogP contribution in [0.25, 0.3) is 0 Å². The van der Waals surface area contributed by atoms with Crippen LogP contribution in [0, 0.1) is 17.3 Å². The molecule has 2 atom stereocenters. The molecule has 3 heteroatoms. The predicted octanol–water partition coefficient (Wildman–Crippen LogP) is 1.98. The van der Waals surface area contributed by atoms with Crippen LogP contribution in [0.3, 0.4) is 0 Å². The summed E-state index contributed by atoms with van der Waals surface area (Å²) in [5, 5.41) is 3.44. The summed E-state index contributed by atoms with van der Waals surface area (Å²) in [6.07, 6.45) is 5.72. The van der Waals surface area contributed by atoms with E-state index in [1.165, 1.54) is 25.7 Å². The van der Waals surface area contributed by atoms with Crippen LogP contribution in [0.2, 0.25) is 0 Å². The smallest absolute Gasteiger partial charge is 0.241 e. The van der Waals surface area contributed by atoms with Crippen molar-refractivity contribution in [2.45, 2.75) is 58.7 Å². The minimum Gasteiger partial charge on any atom is -0.326 e. The Labute approximate surface area is 104 Å². The molecule has 3 fully saturated rings. The molecular formula is C14H24N2O. The molecule has 1 amide bonds. The Hall–Kier alpha value is -0.570. The van der Waals surface area contributed by atoms with Crippen molar-refractivity contribution in [3.63, 3.8) is 0 Å². The zero-order valence-electron chi connectivity index (χ0n) is 11.2. The van der Waals surface area contributed by atoms with Crippen molar-refractivity contribution < 1.29 is 4.79 Å². The van der Waals surface area contributed by atoms with Gasteiger partial charge >= 0.3 is 0 Å². The van der Waals surface area contributed by atoms with Crippen molar-refractivity contribution in [1.29, 1.82) is 0 Å². The first-order valence-corrected chi connectivity index (χ1v) is 7.10. The van der Waals surface area contributed by atoms with Crippen molar-refractivity contribution in [1.82, 2.24) is 10.2 Å². The quantitative estimate of drug-likeness (QED) is 0.809. The summed E-state index contributed by atoms with van der Waals surface area (Å²) in [7, 11) is 0. The van der Waals surface area contributed by atoms with E-state index in [4.69, 9.17) is 0 Å². The van der Waals surface area contributed by atoms with Gasteiger partial charge in [0.15, 0.2) is 0 Å². The van der Waals surface area contributed by atoms with Crippen molar-refractivity contribution in [3.8, 4) is 0 Å². The van der Waals surface area contributed by atoms with Crippen molar-refractivity contribution >= 4 is 5.91 Å². The monoisotopic (exact) mass is 236 g/mol. The lowest BCUT2D eigenvalue weighted by Crippen LogP contribution is -2.39. The molecule has 3 nitrogen and oxygen atoms in total. The Bertz CT molecular complexity index is 331. The molecule has 3 aliphatic rings. The molecule has 1 N–H and O–H groups in total. The largest absolute Gasteiger partial charge is 0.326 e. The molecule has 2 unspecified atom stereocenters. The summed E-state index contributed by atoms with van der Waals surface area (Å²) in [6, 6.07) is 0.0417. The number of amides is 1. The highest BCUT2D eigenvalue weighted by Gasteiger charge is 2.56. The molecule has 1 heterocycles. The molecule has 0 aromatic heterocycles. The average Bonchev–Trinajstić information content (AvgIpc) is 3.13. The van der Waals surface area contributed by atoms with Crippen LogP contribution in [0.5, 0.6) is 0 Å². The number of nitrogens with zero attached hydrogens (tertiary/aromatic N) is 1. The summed E-state index contributed by atoms with van der Waals surface area (Å²) < 4.78 is 0. The van der Waals surface area contributed by atoms with Gasteiger partial charge in [-0.05, 0) is 49.9 Å². The standard InChI is InChI=1S/C14H24N2O/c1-9(2)12-13(17)16(10(3)15-12)8-14(6-7-14)11-4-5-11/h9-12,15H,4-8H2,1-3H3. The molecule has 17 heavy (non-hydrogen) atoms. The molecule has 1 saturated heterocycles. The Balaban J connectivity index is 1.68. The number of hydrogen-bond acceptors (Lipinski definition) is 2. The zero-order valence-corrected chi connectivity index (χ0v) is 11.2. The van der Waals surface area contributed by atoms with Gasteiger partial charge < -0.3 is 4.90 Å². The van der Waals surface area contributed by atoms with E-state index < -0.39 is 0 Å². The molecule has 0 bridgehead atoms. The van der Waals surface area contributed by atoms with Crippen LogP contribution in [-0.2, 0) is 4.79 Å². The van der Waals surface area contributed by atoms with Crippen molar-refractivity contribution in [3.05, 3.63) is 0 Å². The first-order valence-electron chi connectivity index (χ1n) is 7.10. The second-order valence-corrected chi connectivity index (χ2v) is 6.67. The minimum absolute atomic E-state index is 0.0417. The van der Waals surface area contributed by atoms with Gasteiger partial charge in [-0.3, -0.25) is 10.1 Å². The van der Waals surface area contributed by atoms with E-state index in [0.29, 0.717) is 17.2 Å². The highest BCUT2D eigenvalue weighted by Crippen LogP contribution is 2.61. The first-order chi connectivity index (χ1) is 8.03. The Morgan fingerprint density at radius 1 is 1.41 bits per heavy atom. The molecule has 0 spiro atoms. The van der Waals surface area contributed by atoms with E-state index >= 15 is 0 Å². The molecule has 2 aliphatic carbocycles. The molecule has 0 aromatic rings. The number of carbonyl (C=O) groups is 1. The maximum atomic E-state index is 12.4. The molecule has 0 aromatic carbocycles. The molecular weight excluding hydrogens is 212 g/mol. The van der Waals surface area contributed by atoms with Gasteiger partial charge in [0.1, 0.15) is 0 Å². The van der Waals surface area contributed by atoms with Gasteiger partial charge in [-0.15, -0.1) is 0 Å². The zero-order chi connectivity index (χ0) is 12.2. The highest BCUT2D eigenvalue weighted by molar-refractivity contribution is 5.84. The van der Waals surface area contributed by atoms with Crippen LogP contribution < -0.4 is 5.32 Å². The van der Waals surface area contributed by atoms with E-state index in [1.54, 1.807) is 0 Å². The third-order valence-corrected chi connectivity index (χ3v) is 4.92. The SMILES string of the molecule is CC(C)C1NC(C)N(CC2(C3CC3)CC2)C1=O. The Kier molecular flexibility index (Phi) is 2.51. The molecule has 2 saturated carbocycles. The van der Waals surface area contributed by atoms with Gasteiger partial charge in [0.2, 0.25) is 5.91 Å². The lowest BCUT2D eigenvalue weighted by atomic mass is 9.99. The first kappa shape index (κ1) is 11.5. The summed E-state index contributed by atoms with van der Waals surface area (Å²) in [4.78, 5) is 14.5. The minimum atomic E-state index is 0.0417. The third kappa shape index (κ3) is 1.88. The van der Waals surface area contributed by atoms with Gasteiger partial charge in [0, 0.05) is 6.54 Å². The fourth-order valence-corrected chi connectivity index (χ4v) is 3.37. The molecule has 1 aliphatic heterocycles. The Morgan fingerprint density at radius 3 is 2.47 bits per heavy atom. The summed E-state index contributed by atoms with van der Waals surface area (Å²) in [5.74, 6) is 1.66. The molecule has 0 radical (unpaired) electrons. The van der Waals surface area contributed by atoms with E-state index in [9.17, 15) is 4.79 Å². The van der Waals surface area contributed by atoms with Gasteiger partial charge in [0.05, 0.1) is 12.2 Å². The van der Waals surface area contributed by atoms with Crippen LogP contribution >= 0.6 is 0 Å². The fourth-order valence-electron chi connectivity index (χ4n) is 3.37. The third-order valence-electron chi connectivity index (χ3n) is 4.92. The second-order valence-electron chi connectivity index (χ2n) is 6.67. The maximum absolute atomic E-state index is 12.4. The van der Waals surface area contributed by atoms with Gasteiger partial charge in [-0.2, -0.15) is 0 Å². The highest BCUT2D eigenvalue weighted by atomic mass is 16.2. The van der Waals surface area contributed by atoms with E-state index in [2.05, 4.69) is 31.0 Å².